The number of nitrogens with zero attached hydrogens (tertiary/aromatic N) is 2. The molecule has 4 rings (SSSR count). The Morgan fingerprint density at radius 2 is 1.94 bits per heavy atom. The van der Waals surface area contributed by atoms with Crippen molar-refractivity contribution in [1.82, 2.24) is 14.9 Å². The zero-order chi connectivity index (χ0) is 25.3. The number of halogens is 1. The van der Waals surface area contributed by atoms with Crippen molar-refractivity contribution in [3.8, 4) is 0 Å². The topological polar surface area (TPSA) is 113 Å². The van der Waals surface area contributed by atoms with Gasteiger partial charge in [0.25, 0.3) is 11.7 Å². The summed E-state index contributed by atoms with van der Waals surface area (Å²) in [6.45, 7) is 5.02. The summed E-state index contributed by atoms with van der Waals surface area (Å²) in [5.74, 6) is -3.56. The number of nitrogens with one attached hydrogen (secondary N) is 1. The molecule has 1 fully saturated rings. The molecule has 2 N–H and O–H groups in total. The van der Waals surface area contributed by atoms with E-state index in [1.54, 1.807) is 51.4 Å². The van der Waals surface area contributed by atoms with Gasteiger partial charge < -0.3 is 19.7 Å². The lowest BCUT2D eigenvalue weighted by atomic mass is 9.93. The maximum Gasteiger partial charge on any atom is 0.355 e. The van der Waals surface area contributed by atoms with Crippen LogP contribution in [0.1, 0.15) is 51.4 Å². The molecular formula is C26H24FN3O5. The fraction of sp³-hybridized carbons (Fsp3) is 0.231. The SMILES string of the molecule is CCOC(=O)c1[nH]c(C)c(C(O)=C2C(=O)C(=O)N(Cc3cccnc3)[C@@H]2c2ccccc2F)c1C. The van der Waals surface area contributed by atoms with E-state index in [1.165, 1.54) is 23.1 Å². The molecule has 2 aromatic heterocycles. The van der Waals surface area contributed by atoms with Crippen LogP contribution in [0.25, 0.3) is 5.76 Å². The van der Waals surface area contributed by atoms with Crippen LogP contribution in [0.15, 0.2) is 54.4 Å². The number of Topliss-reactive ketones (excluding diaryl/α,β-unsaturated/α-hetero) is 1. The minimum absolute atomic E-state index is 0.0205. The summed E-state index contributed by atoms with van der Waals surface area (Å²) in [6.07, 6.45) is 3.12. The largest absolute Gasteiger partial charge is 0.507 e. The lowest BCUT2D eigenvalue weighted by Crippen LogP contribution is -2.29. The molecule has 3 aromatic rings. The Labute approximate surface area is 201 Å². The van der Waals surface area contributed by atoms with Crippen LogP contribution in [0.4, 0.5) is 4.39 Å². The van der Waals surface area contributed by atoms with E-state index in [0.29, 0.717) is 16.8 Å². The van der Waals surface area contributed by atoms with Gasteiger partial charge in [0.15, 0.2) is 0 Å². The first-order valence-corrected chi connectivity index (χ1v) is 11.0. The maximum absolute atomic E-state index is 15.0. The molecule has 0 bridgehead atoms. The number of ketones is 1. The van der Waals surface area contributed by atoms with Gasteiger partial charge in [-0.25, -0.2) is 9.18 Å². The number of ether oxygens (including phenoxy) is 1. The molecule has 1 aliphatic heterocycles. The molecule has 0 spiro atoms. The van der Waals surface area contributed by atoms with Crippen LogP contribution in [-0.2, 0) is 20.9 Å². The molecule has 0 aliphatic carbocycles. The molecule has 0 radical (unpaired) electrons. The van der Waals surface area contributed by atoms with Gasteiger partial charge in [-0.3, -0.25) is 14.6 Å². The number of hydrogen-bond acceptors (Lipinski definition) is 6. The Morgan fingerprint density at radius 3 is 2.60 bits per heavy atom. The van der Waals surface area contributed by atoms with E-state index >= 15 is 0 Å². The second-order valence-electron chi connectivity index (χ2n) is 8.16. The number of aliphatic hydroxyl groups excluding tert-OH is 1. The Kier molecular flexibility index (Phi) is 6.50. The van der Waals surface area contributed by atoms with Crippen molar-refractivity contribution in [2.45, 2.75) is 33.4 Å². The van der Waals surface area contributed by atoms with Crippen LogP contribution in [0.3, 0.4) is 0 Å². The third kappa shape index (κ3) is 4.21. The van der Waals surface area contributed by atoms with Crippen molar-refractivity contribution in [1.29, 1.82) is 0 Å². The van der Waals surface area contributed by atoms with E-state index in [0.717, 1.165) is 0 Å². The summed E-state index contributed by atoms with van der Waals surface area (Å²) in [5.41, 5.74) is 1.50. The molecule has 3 heterocycles. The minimum Gasteiger partial charge on any atom is -0.507 e. The quantitative estimate of drug-likeness (QED) is 0.241. The molecule has 0 saturated carbocycles. The number of likely N-dealkylation sites (tertiary alicyclic amines) is 1. The van der Waals surface area contributed by atoms with Gasteiger partial charge in [-0.2, -0.15) is 0 Å². The number of benzene rings is 1. The number of aliphatic hydroxyl groups is 1. The first kappa shape index (κ1) is 23.9. The Balaban J connectivity index is 1.91. The van der Waals surface area contributed by atoms with E-state index in [2.05, 4.69) is 9.97 Å². The minimum atomic E-state index is -1.18. The van der Waals surface area contributed by atoms with Crippen LogP contribution >= 0.6 is 0 Å². The number of hydrogen-bond donors (Lipinski definition) is 2. The van der Waals surface area contributed by atoms with Gasteiger partial charge in [-0.05, 0) is 44.0 Å². The van der Waals surface area contributed by atoms with Crippen molar-refractivity contribution in [3.05, 3.63) is 93.8 Å². The number of aryl methyl sites for hydroxylation is 1. The van der Waals surface area contributed by atoms with Crippen molar-refractivity contribution in [3.63, 3.8) is 0 Å². The monoisotopic (exact) mass is 477 g/mol. The first-order chi connectivity index (χ1) is 16.8. The van der Waals surface area contributed by atoms with E-state index < -0.39 is 35.3 Å². The Bertz CT molecular complexity index is 1350. The molecule has 1 atom stereocenters. The summed E-state index contributed by atoms with van der Waals surface area (Å²) in [4.78, 5) is 46.8. The highest BCUT2D eigenvalue weighted by Gasteiger charge is 2.47. The van der Waals surface area contributed by atoms with Crippen LogP contribution in [0, 0.1) is 19.7 Å². The second kappa shape index (κ2) is 9.54. The lowest BCUT2D eigenvalue weighted by molar-refractivity contribution is -0.140. The van der Waals surface area contributed by atoms with Crippen molar-refractivity contribution < 1.29 is 28.6 Å². The van der Waals surface area contributed by atoms with Crippen LogP contribution in [0.2, 0.25) is 0 Å². The standard InChI is InChI=1S/C26H24FN3O5/c1-4-35-26(34)21-14(2)19(15(3)29-21)23(31)20-22(17-9-5-6-10-18(17)27)30(25(33)24(20)32)13-16-8-7-11-28-12-16/h5-12,22,29,31H,4,13H2,1-3H3/t22-/m1/s1. The van der Waals surface area contributed by atoms with Crippen LogP contribution in [-0.4, -0.2) is 44.2 Å². The number of carbonyl (C=O) groups excluding carboxylic acids is 3. The predicted molar refractivity (Wildman–Crippen MR) is 125 cm³/mol. The molecule has 8 nitrogen and oxygen atoms in total. The highest BCUT2D eigenvalue weighted by Crippen LogP contribution is 2.42. The molecular weight excluding hydrogens is 453 g/mol. The molecule has 180 valence electrons. The Hall–Kier alpha value is -4.27. The summed E-state index contributed by atoms with van der Waals surface area (Å²) in [7, 11) is 0. The normalized spacial score (nSPS) is 17.1. The number of H-pyrrole nitrogens is 1. The average molecular weight is 477 g/mol. The molecule has 1 aromatic carbocycles. The average Bonchev–Trinajstić information content (AvgIpc) is 3.27. The molecule has 1 amide bonds. The zero-order valence-corrected chi connectivity index (χ0v) is 19.5. The first-order valence-electron chi connectivity index (χ1n) is 11.0. The smallest absolute Gasteiger partial charge is 0.355 e. The number of aromatic amines is 1. The molecule has 0 unspecified atom stereocenters. The van der Waals surface area contributed by atoms with Gasteiger partial charge in [0.05, 0.1) is 18.2 Å². The molecule has 1 aliphatic rings. The van der Waals surface area contributed by atoms with Crippen molar-refractivity contribution >= 4 is 23.4 Å². The number of pyridine rings is 1. The van der Waals surface area contributed by atoms with E-state index in [-0.39, 0.29) is 35.5 Å². The number of carbonyl (C=O) groups is 3. The zero-order valence-electron chi connectivity index (χ0n) is 19.5. The van der Waals surface area contributed by atoms with E-state index in [1.807, 2.05) is 0 Å². The van der Waals surface area contributed by atoms with Crippen molar-refractivity contribution in [2.75, 3.05) is 6.61 Å². The van der Waals surface area contributed by atoms with Gasteiger partial charge in [0, 0.05) is 35.8 Å². The summed E-state index contributed by atoms with van der Waals surface area (Å²) in [5, 5.41) is 11.4. The number of rotatable bonds is 6. The van der Waals surface area contributed by atoms with E-state index in [9.17, 15) is 23.9 Å². The Morgan fingerprint density at radius 1 is 1.20 bits per heavy atom. The van der Waals surface area contributed by atoms with Gasteiger partial charge in [0.2, 0.25) is 0 Å². The van der Waals surface area contributed by atoms with Gasteiger partial charge in [-0.1, -0.05) is 24.3 Å². The lowest BCUT2D eigenvalue weighted by Gasteiger charge is -2.25. The van der Waals surface area contributed by atoms with Crippen molar-refractivity contribution in [2.24, 2.45) is 0 Å². The highest BCUT2D eigenvalue weighted by molar-refractivity contribution is 6.46. The van der Waals surface area contributed by atoms with Gasteiger partial charge in [-0.15, -0.1) is 0 Å². The second-order valence-corrected chi connectivity index (χ2v) is 8.16. The summed E-state index contributed by atoms with van der Waals surface area (Å²) in [6, 6.07) is 8.02. The maximum atomic E-state index is 15.0. The predicted octanol–water partition coefficient (Wildman–Crippen LogP) is 3.96. The number of esters is 1. The van der Waals surface area contributed by atoms with Crippen LogP contribution in [0.5, 0.6) is 0 Å². The number of aromatic nitrogens is 2. The highest BCUT2D eigenvalue weighted by atomic mass is 19.1. The molecule has 1 saturated heterocycles. The number of amides is 1. The van der Waals surface area contributed by atoms with Gasteiger partial charge in [0.1, 0.15) is 17.3 Å². The van der Waals surface area contributed by atoms with E-state index in [4.69, 9.17) is 4.74 Å². The third-order valence-electron chi connectivity index (χ3n) is 5.97. The summed E-state index contributed by atoms with van der Waals surface area (Å²) >= 11 is 0. The summed E-state index contributed by atoms with van der Waals surface area (Å²) < 4.78 is 20.0. The third-order valence-corrected chi connectivity index (χ3v) is 5.97. The molecule has 9 heteroatoms. The fourth-order valence-corrected chi connectivity index (χ4v) is 4.40. The fourth-order valence-electron chi connectivity index (χ4n) is 4.40. The molecule has 35 heavy (non-hydrogen) atoms. The van der Waals surface area contributed by atoms with Gasteiger partial charge >= 0.3 is 5.97 Å². The van der Waals surface area contributed by atoms with Crippen LogP contribution < -0.4 is 0 Å².